The van der Waals surface area contributed by atoms with Gasteiger partial charge in [0, 0.05) is 18.2 Å². The summed E-state index contributed by atoms with van der Waals surface area (Å²) in [4.78, 5) is 8.72. The zero-order valence-electron chi connectivity index (χ0n) is 11.8. The Labute approximate surface area is 113 Å². The van der Waals surface area contributed by atoms with Gasteiger partial charge in [-0.2, -0.15) is 0 Å². The topological polar surface area (TPSA) is 47.0 Å². The molecule has 0 unspecified atom stereocenters. The average molecular weight is 257 g/mol. The molecule has 1 aromatic heterocycles. The van der Waals surface area contributed by atoms with Gasteiger partial charge in [-0.15, -0.1) is 0 Å². The molecule has 0 saturated carbocycles. The van der Waals surface area contributed by atoms with Gasteiger partial charge in [-0.25, -0.2) is 9.97 Å². The molecule has 2 aromatic rings. The highest BCUT2D eigenvalue weighted by Crippen LogP contribution is 2.33. The van der Waals surface area contributed by atoms with E-state index in [1.807, 2.05) is 19.2 Å². The molecule has 1 N–H and O–H groups in total. The summed E-state index contributed by atoms with van der Waals surface area (Å²) in [7, 11) is 3.55. The van der Waals surface area contributed by atoms with Crippen LogP contribution in [0.4, 0.5) is 5.82 Å². The van der Waals surface area contributed by atoms with Crippen molar-refractivity contribution in [2.24, 2.45) is 0 Å². The van der Waals surface area contributed by atoms with Gasteiger partial charge in [0.2, 0.25) is 0 Å². The van der Waals surface area contributed by atoms with E-state index in [1.54, 1.807) is 13.4 Å². The van der Waals surface area contributed by atoms with Crippen LogP contribution in [-0.2, 0) is 6.42 Å². The molecule has 0 radical (unpaired) electrons. The van der Waals surface area contributed by atoms with Crippen molar-refractivity contribution in [3.8, 4) is 17.0 Å². The predicted molar refractivity (Wildman–Crippen MR) is 77.7 cm³/mol. The molecule has 1 heterocycles. The zero-order chi connectivity index (χ0) is 13.8. The standard InChI is InChI=1S/C15H19N3O/c1-5-11-14(17-9-18-15(11)16-3)12-8-10(2)6-7-13(12)19-4/h6-9H,5H2,1-4H3,(H,16,17,18). The zero-order valence-corrected chi connectivity index (χ0v) is 11.8. The molecule has 0 aliphatic heterocycles. The Bertz CT molecular complexity index is 582. The molecule has 0 bridgehead atoms. The summed E-state index contributed by atoms with van der Waals surface area (Å²) < 4.78 is 5.45. The van der Waals surface area contributed by atoms with Crippen molar-refractivity contribution in [1.29, 1.82) is 0 Å². The molecule has 0 saturated heterocycles. The highest BCUT2D eigenvalue weighted by Gasteiger charge is 2.14. The quantitative estimate of drug-likeness (QED) is 0.914. The number of nitrogens with one attached hydrogen (secondary N) is 1. The van der Waals surface area contributed by atoms with Crippen molar-refractivity contribution in [2.75, 3.05) is 19.5 Å². The lowest BCUT2D eigenvalue weighted by atomic mass is 10.0. The first-order valence-electron chi connectivity index (χ1n) is 6.37. The smallest absolute Gasteiger partial charge is 0.132 e. The van der Waals surface area contributed by atoms with E-state index in [0.717, 1.165) is 34.8 Å². The van der Waals surface area contributed by atoms with Crippen LogP contribution >= 0.6 is 0 Å². The lowest BCUT2D eigenvalue weighted by Crippen LogP contribution is -2.03. The third kappa shape index (κ3) is 2.52. The van der Waals surface area contributed by atoms with E-state index < -0.39 is 0 Å². The van der Waals surface area contributed by atoms with Crippen molar-refractivity contribution >= 4 is 5.82 Å². The van der Waals surface area contributed by atoms with Gasteiger partial charge in [-0.3, -0.25) is 0 Å². The molecule has 2 rings (SSSR count). The molecule has 100 valence electrons. The Balaban J connectivity index is 2.67. The number of benzene rings is 1. The Kier molecular flexibility index (Phi) is 4.00. The summed E-state index contributed by atoms with van der Waals surface area (Å²) in [5, 5.41) is 3.12. The van der Waals surface area contributed by atoms with Crippen LogP contribution < -0.4 is 10.1 Å². The summed E-state index contributed by atoms with van der Waals surface area (Å²) in [6, 6.07) is 6.11. The first-order valence-corrected chi connectivity index (χ1v) is 6.37. The lowest BCUT2D eigenvalue weighted by Gasteiger charge is -2.14. The molecule has 0 spiro atoms. The molecule has 0 amide bonds. The van der Waals surface area contributed by atoms with Gasteiger partial charge >= 0.3 is 0 Å². The molecular weight excluding hydrogens is 238 g/mol. The SMILES string of the molecule is CCc1c(NC)ncnc1-c1cc(C)ccc1OC. The van der Waals surface area contributed by atoms with Crippen molar-refractivity contribution < 1.29 is 4.74 Å². The Morgan fingerprint density at radius 1 is 1.26 bits per heavy atom. The lowest BCUT2D eigenvalue weighted by molar-refractivity contribution is 0.416. The van der Waals surface area contributed by atoms with Crippen LogP contribution in [0, 0.1) is 6.92 Å². The van der Waals surface area contributed by atoms with Crippen LogP contribution in [0.2, 0.25) is 0 Å². The Hall–Kier alpha value is -2.10. The third-order valence-electron chi connectivity index (χ3n) is 3.15. The van der Waals surface area contributed by atoms with Crippen molar-refractivity contribution in [1.82, 2.24) is 9.97 Å². The van der Waals surface area contributed by atoms with Crippen LogP contribution in [0.25, 0.3) is 11.3 Å². The number of methoxy groups -OCH3 is 1. The highest BCUT2D eigenvalue weighted by molar-refractivity contribution is 5.74. The molecule has 0 aliphatic carbocycles. The number of rotatable bonds is 4. The summed E-state index contributed by atoms with van der Waals surface area (Å²) >= 11 is 0. The molecule has 4 heteroatoms. The minimum absolute atomic E-state index is 0.834. The van der Waals surface area contributed by atoms with Crippen LogP contribution in [0.1, 0.15) is 18.1 Å². The van der Waals surface area contributed by atoms with Gasteiger partial charge in [0.1, 0.15) is 17.9 Å². The van der Waals surface area contributed by atoms with E-state index in [2.05, 4.69) is 35.2 Å². The fraction of sp³-hybridized carbons (Fsp3) is 0.333. The van der Waals surface area contributed by atoms with Gasteiger partial charge in [0.15, 0.2) is 0 Å². The fourth-order valence-electron chi connectivity index (χ4n) is 2.20. The Morgan fingerprint density at radius 2 is 2.05 bits per heavy atom. The predicted octanol–water partition coefficient (Wildman–Crippen LogP) is 3.06. The maximum atomic E-state index is 5.45. The maximum Gasteiger partial charge on any atom is 0.132 e. The van der Waals surface area contributed by atoms with Gasteiger partial charge in [0.25, 0.3) is 0 Å². The monoisotopic (exact) mass is 257 g/mol. The molecule has 0 atom stereocenters. The number of anilines is 1. The number of hydrogen-bond acceptors (Lipinski definition) is 4. The normalized spacial score (nSPS) is 10.3. The van der Waals surface area contributed by atoms with Crippen LogP contribution in [0.3, 0.4) is 0 Å². The van der Waals surface area contributed by atoms with Gasteiger partial charge in [-0.1, -0.05) is 18.6 Å². The number of nitrogens with zero attached hydrogens (tertiary/aromatic N) is 2. The second kappa shape index (κ2) is 5.69. The first kappa shape index (κ1) is 13.3. The minimum atomic E-state index is 0.834. The van der Waals surface area contributed by atoms with Crippen LogP contribution in [-0.4, -0.2) is 24.1 Å². The van der Waals surface area contributed by atoms with Gasteiger partial charge in [-0.05, 0) is 25.5 Å². The van der Waals surface area contributed by atoms with Crippen LogP contribution in [0.15, 0.2) is 24.5 Å². The largest absolute Gasteiger partial charge is 0.496 e. The first-order chi connectivity index (χ1) is 9.21. The van der Waals surface area contributed by atoms with Gasteiger partial charge in [0.05, 0.1) is 12.8 Å². The van der Waals surface area contributed by atoms with Crippen LogP contribution in [0.5, 0.6) is 5.75 Å². The number of aromatic nitrogens is 2. The molecule has 4 nitrogen and oxygen atoms in total. The van der Waals surface area contributed by atoms with Gasteiger partial charge < -0.3 is 10.1 Å². The molecule has 1 aromatic carbocycles. The van der Waals surface area contributed by atoms with E-state index in [4.69, 9.17) is 4.74 Å². The fourth-order valence-corrected chi connectivity index (χ4v) is 2.20. The van der Waals surface area contributed by atoms with E-state index in [0.29, 0.717) is 0 Å². The van der Waals surface area contributed by atoms with E-state index in [1.165, 1.54) is 5.56 Å². The summed E-state index contributed by atoms with van der Waals surface area (Å²) in [5.41, 5.74) is 4.23. The average Bonchev–Trinajstić information content (AvgIpc) is 2.46. The number of ether oxygens (including phenoxy) is 1. The number of hydrogen-bond donors (Lipinski definition) is 1. The van der Waals surface area contributed by atoms with Crippen molar-refractivity contribution in [2.45, 2.75) is 20.3 Å². The van der Waals surface area contributed by atoms with E-state index in [9.17, 15) is 0 Å². The van der Waals surface area contributed by atoms with Crippen molar-refractivity contribution in [3.05, 3.63) is 35.7 Å². The second-order valence-electron chi connectivity index (χ2n) is 4.36. The van der Waals surface area contributed by atoms with E-state index >= 15 is 0 Å². The van der Waals surface area contributed by atoms with E-state index in [-0.39, 0.29) is 0 Å². The molecule has 0 fully saturated rings. The molecule has 19 heavy (non-hydrogen) atoms. The summed E-state index contributed by atoms with van der Waals surface area (Å²) in [6.07, 6.45) is 2.45. The summed E-state index contributed by atoms with van der Waals surface area (Å²) in [6.45, 7) is 4.17. The molecule has 0 aliphatic rings. The highest BCUT2D eigenvalue weighted by atomic mass is 16.5. The third-order valence-corrected chi connectivity index (χ3v) is 3.15. The van der Waals surface area contributed by atoms with Crippen molar-refractivity contribution in [3.63, 3.8) is 0 Å². The number of aryl methyl sites for hydroxylation is 1. The Morgan fingerprint density at radius 3 is 2.68 bits per heavy atom. The molecular formula is C15H19N3O. The minimum Gasteiger partial charge on any atom is -0.496 e. The second-order valence-corrected chi connectivity index (χ2v) is 4.36. The summed E-state index contributed by atoms with van der Waals surface area (Å²) in [5.74, 6) is 1.71. The maximum absolute atomic E-state index is 5.45.